The number of rotatable bonds is 4. The van der Waals surface area contributed by atoms with Crippen molar-refractivity contribution in [2.24, 2.45) is 0 Å². The molecule has 2 rings (SSSR count). The molecule has 1 unspecified atom stereocenters. The van der Waals surface area contributed by atoms with Gasteiger partial charge in [-0.2, -0.15) is 0 Å². The zero-order chi connectivity index (χ0) is 14.8. The minimum atomic E-state index is -1.37. The van der Waals surface area contributed by atoms with E-state index in [4.69, 9.17) is 11.6 Å². The second-order valence-electron chi connectivity index (χ2n) is 4.55. The van der Waals surface area contributed by atoms with E-state index in [1.54, 1.807) is 38.1 Å². The van der Waals surface area contributed by atoms with E-state index in [0.29, 0.717) is 22.1 Å². The molecular weight excluding hydrogens is 278 g/mol. The van der Waals surface area contributed by atoms with Gasteiger partial charge in [0, 0.05) is 23.1 Å². The standard InChI is InChI=1S/C14H14ClN3O2/c1-9-12(17-8-7-16-9)14(2,13(19)20)18-11-5-3-10(15)4-6-11/h3-8,18H,1-2H3,(H,19,20). The van der Waals surface area contributed by atoms with Crippen LogP contribution in [0.15, 0.2) is 36.7 Å². The molecule has 0 saturated carbocycles. The number of hydrogen-bond donors (Lipinski definition) is 2. The van der Waals surface area contributed by atoms with Crippen molar-refractivity contribution in [2.75, 3.05) is 5.32 Å². The molecule has 0 aliphatic rings. The van der Waals surface area contributed by atoms with E-state index in [9.17, 15) is 9.90 Å². The van der Waals surface area contributed by atoms with E-state index < -0.39 is 11.5 Å². The van der Waals surface area contributed by atoms with Gasteiger partial charge in [-0.3, -0.25) is 9.97 Å². The average molecular weight is 292 g/mol. The zero-order valence-electron chi connectivity index (χ0n) is 11.1. The first-order valence-corrected chi connectivity index (χ1v) is 6.36. The Morgan fingerprint density at radius 3 is 2.40 bits per heavy atom. The van der Waals surface area contributed by atoms with Crippen molar-refractivity contribution in [1.29, 1.82) is 0 Å². The SMILES string of the molecule is Cc1nccnc1C(C)(Nc1ccc(Cl)cc1)C(=O)O. The van der Waals surface area contributed by atoms with Crippen molar-refractivity contribution < 1.29 is 9.90 Å². The first-order valence-electron chi connectivity index (χ1n) is 5.99. The predicted molar refractivity (Wildman–Crippen MR) is 76.8 cm³/mol. The summed E-state index contributed by atoms with van der Waals surface area (Å²) in [5.74, 6) is -1.03. The fourth-order valence-corrected chi connectivity index (χ4v) is 2.06. The lowest BCUT2D eigenvalue weighted by Gasteiger charge is -2.27. The lowest BCUT2D eigenvalue weighted by molar-refractivity contribution is -0.142. The molecule has 0 aliphatic carbocycles. The van der Waals surface area contributed by atoms with Gasteiger partial charge < -0.3 is 10.4 Å². The van der Waals surface area contributed by atoms with Crippen molar-refractivity contribution in [1.82, 2.24) is 9.97 Å². The smallest absolute Gasteiger partial charge is 0.335 e. The third kappa shape index (κ3) is 2.72. The van der Waals surface area contributed by atoms with Crippen LogP contribution >= 0.6 is 11.6 Å². The van der Waals surface area contributed by atoms with Crippen LogP contribution in [0.5, 0.6) is 0 Å². The number of nitrogens with zero attached hydrogens (tertiary/aromatic N) is 2. The molecule has 1 atom stereocenters. The third-order valence-electron chi connectivity index (χ3n) is 3.02. The predicted octanol–water partition coefficient (Wildman–Crippen LogP) is 2.85. The second-order valence-corrected chi connectivity index (χ2v) is 4.99. The van der Waals surface area contributed by atoms with E-state index >= 15 is 0 Å². The first kappa shape index (κ1) is 14.3. The molecule has 1 heterocycles. The number of aliphatic carboxylic acids is 1. The molecule has 6 heteroatoms. The topological polar surface area (TPSA) is 75.1 Å². The summed E-state index contributed by atoms with van der Waals surface area (Å²) in [5.41, 5.74) is 0.220. The Hall–Kier alpha value is -2.14. The molecule has 2 N–H and O–H groups in total. The molecule has 0 amide bonds. The quantitative estimate of drug-likeness (QED) is 0.906. The van der Waals surface area contributed by atoms with Gasteiger partial charge in [-0.05, 0) is 38.1 Å². The molecule has 0 spiro atoms. The Labute approximate surface area is 121 Å². The summed E-state index contributed by atoms with van der Waals surface area (Å²) in [6, 6.07) is 6.82. The maximum absolute atomic E-state index is 11.7. The highest BCUT2D eigenvalue weighted by molar-refractivity contribution is 6.30. The van der Waals surface area contributed by atoms with Gasteiger partial charge in [0.2, 0.25) is 0 Å². The Balaban J connectivity index is 2.43. The van der Waals surface area contributed by atoms with E-state index in [1.807, 2.05) is 0 Å². The molecule has 2 aromatic rings. The molecule has 5 nitrogen and oxygen atoms in total. The Morgan fingerprint density at radius 2 is 1.85 bits per heavy atom. The highest BCUT2D eigenvalue weighted by atomic mass is 35.5. The molecule has 20 heavy (non-hydrogen) atoms. The van der Waals surface area contributed by atoms with Gasteiger partial charge in [0.25, 0.3) is 0 Å². The summed E-state index contributed by atoms with van der Waals surface area (Å²) in [4.78, 5) is 19.9. The Bertz CT molecular complexity index is 631. The van der Waals surface area contributed by atoms with Gasteiger partial charge >= 0.3 is 5.97 Å². The van der Waals surface area contributed by atoms with Crippen molar-refractivity contribution in [2.45, 2.75) is 19.4 Å². The molecule has 0 radical (unpaired) electrons. The van der Waals surface area contributed by atoms with Crippen LogP contribution in [0.4, 0.5) is 5.69 Å². The number of carboxylic acid groups (broad SMARTS) is 1. The number of nitrogens with one attached hydrogen (secondary N) is 1. The second kappa shape index (κ2) is 5.46. The fraction of sp³-hybridized carbons (Fsp3) is 0.214. The summed E-state index contributed by atoms with van der Waals surface area (Å²) in [6.45, 7) is 3.29. The molecule has 0 fully saturated rings. The minimum Gasteiger partial charge on any atom is -0.479 e. The third-order valence-corrected chi connectivity index (χ3v) is 3.27. The van der Waals surface area contributed by atoms with Crippen molar-refractivity contribution in [3.05, 3.63) is 53.1 Å². The van der Waals surface area contributed by atoms with Crippen LogP contribution < -0.4 is 5.32 Å². The number of aryl methyl sites for hydroxylation is 1. The summed E-state index contributed by atoms with van der Waals surface area (Å²) >= 11 is 5.82. The van der Waals surface area contributed by atoms with Gasteiger partial charge in [-0.15, -0.1) is 0 Å². The molecule has 1 aromatic carbocycles. The summed E-state index contributed by atoms with van der Waals surface area (Å²) in [7, 11) is 0. The van der Waals surface area contributed by atoms with Gasteiger partial charge in [0.05, 0.1) is 11.4 Å². The first-order chi connectivity index (χ1) is 9.43. The van der Waals surface area contributed by atoms with Crippen LogP contribution in [0.2, 0.25) is 5.02 Å². The molecular formula is C14H14ClN3O2. The van der Waals surface area contributed by atoms with Crippen LogP contribution in [0, 0.1) is 6.92 Å². The van der Waals surface area contributed by atoms with Crippen LogP contribution in [0.1, 0.15) is 18.3 Å². The Morgan fingerprint density at radius 1 is 1.25 bits per heavy atom. The van der Waals surface area contributed by atoms with Gasteiger partial charge in [0.15, 0.2) is 5.54 Å². The lowest BCUT2D eigenvalue weighted by Crippen LogP contribution is -2.42. The number of carboxylic acids is 1. The molecule has 104 valence electrons. The van der Waals surface area contributed by atoms with E-state index in [2.05, 4.69) is 15.3 Å². The Kier molecular flexibility index (Phi) is 3.90. The maximum Gasteiger partial charge on any atom is 0.335 e. The number of benzene rings is 1. The fourth-order valence-electron chi connectivity index (χ4n) is 1.93. The lowest BCUT2D eigenvalue weighted by atomic mass is 9.95. The number of anilines is 1. The van der Waals surface area contributed by atoms with Crippen LogP contribution in [-0.2, 0) is 10.3 Å². The van der Waals surface area contributed by atoms with Crippen molar-refractivity contribution in [3.8, 4) is 0 Å². The average Bonchev–Trinajstić information content (AvgIpc) is 2.41. The summed E-state index contributed by atoms with van der Waals surface area (Å²) < 4.78 is 0. The van der Waals surface area contributed by atoms with Crippen LogP contribution in [0.25, 0.3) is 0 Å². The highest BCUT2D eigenvalue weighted by Crippen LogP contribution is 2.27. The molecule has 0 aliphatic heterocycles. The van der Waals surface area contributed by atoms with E-state index in [1.165, 1.54) is 12.4 Å². The normalized spacial score (nSPS) is 13.6. The van der Waals surface area contributed by atoms with Crippen molar-refractivity contribution >= 4 is 23.3 Å². The molecule has 1 aromatic heterocycles. The molecule has 0 saturated heterocycles. The van der Waals surface area contributed by atoms with E-state index in [-0.39, 0.29) is 0 Å². The number of hydrogen-bond acceptors (Lipinski definition) is 4. The van der Waals surface area contributed by atoms with Crippen molar-refractivity contribution in [3.63, 3.8) is 0 Å². The minimum absolute atomic E-state index is 0.377. The molecule has 0 bridgehead atoms. The maximum atomic E-state index is 11.7. The van der Waals surface area contributed by atoms with E-state index in [0.717, 1.165) is 0 Å². The van der Waals surface area contributed by atoms with Crippen LogP contribution in [0.3, 0.4) is 0 Å². The zero-order valence-corrected chi connectivity index (χ0v) is 11.8. The number of halogens is 1. The van der Waals surface area contributed by atoms with Gasteiger partial charge in [-0.1, -0.05) is 11.6 Å². The number of carbonyl (C=O) groups is 1. The summed E-state index contributed by atoms with van der Waals surface area (Å²) in [5, 5.41) is 13.1. The monoisotopic (exact) mass is 291 g/mol. The van der Waals surface area contributed by atoms with Gasteiger partial charge in [-0.25, -0.2) is 4.79 Å². The summed E-state index contributed by atoms with van der Waals surface area (Å²) in [6.07, 6.45) is 3.01. The number of aromatic nitrogens is 2. The van der Waals surface area contributed by atoms with Gasteiger partial charge in [0.1, 0.15) is 0 Å². The highest BCUT2D eigenvalue weighted by Gasteiger charge is 2.38. The van der Waals surface area contributed by atoms with Crippen LogP contribution in [-0.4, -0.2) is 21.0 Å². The largest absolute Gasteiger partial charge is 0.479 e.